The van der Waals surface area contributed by atoms with E-state index in [9.17, 15) is 4.39 Å². The van der Waals surface area contributed by atoms with Gasteiger partial charge in [0.15, 0.2) is 0 Å². The molecule has 1 aliphatic heterocycles. The lowest BCUT2D eigenvalue weighted by Gasteiger charge is -2.05. The molecule has 2 rings (SSSR count). The molecule has 0 fully saturated rings. The van der Waals surface area contributed by atoms with Gasteiger partial charge in [0.2, 0.25) is 0 Å². The average Bonchev–Trinajstić information content (AvgIpc) is 2.50. The molecule has 1 unspecified atom stereocenters. The molecule has 1 atom stereocenters. The molecule has 0 spiro atoms. The molecule has 74 valence electrons. The number of nitrogens with two attached hydrogens (primary N) is 1. The van der Waals surface area contributed by atoms with Gasteiger partial charge in [0, 0.05) is 6.07 Å². The van der Waals surface area contributed by atoms with Gasteiger partial charge in [-0.1, -0.05) is 0 Å². The maximum Gasteiger partial charge on any atom is 0.282 e. The number of aromatic hydroxyl groups is 1. The van der Waals surface area contributed by atoms with Crippen LogP contribution in [0.2, 0.25) is 0 Å². The third-order valence-electron chi connectivity index (χ3n) is 1.96. The van der Waals surface area contributed by atoms with Crippen molar-refractivity contribution in [2.75, 3.05) is 6.61 Å². The Morgan fingerprint density at radius 3 is 2.86 bits per heavy atom. The SMILES string of the molecule is NC1=NC(c2cc(O)cc(F)c2)CO1. The van der Waals surface area contributed by atoms with Crippen molar-refractivity contribution >= 4 is 6.02 Å². The van der Waals surface area contributed by atoms with E-state index in [1.54, 1.807) is 0 Å². The normalized spacial score (nSPS) is 20.4. The minimum absolute atomic E-state index is 0.0961. The fraction of sp³-hybridized carbons (Fsp3) is 0.222. The highest BCUT2D eigenvalue weighted by Gasteiger charge is 2.19. The van der Waals surface area contributed by atoms with Crippen LogP contribution < -0.4 is 5.73 Å². The minimum atomic E-state index is -0.499. The number of aliphatic imine (C=N–C) groups is 1. The first-order valence-corrected chi connectivity index (χ1v) is 4.10. The van der Waals surface area contributed by atoms with Gasteiger partial charge in [-0.25, -0.2) is 9.38 Å². The number of nitrogens with zero attached hydrogens (tertiary/aromatic N) is 1. The molecule has 4 nitrogen and oxygen atoms in total. The van der Waals surface area contributed by atoms with E-state index in [-0.39, 0.29) is 24.4 Å². The summed E-state index contributed by atoms with van der Waals surface area (Å²) in [6.07, 6.45) is 0. The lowest BCUT2D eigenvalue weighted by atomic mass is 10.1. The smallest absolute Gasteiger partial charge is 0.282 e. The van der Waals surface area contributed by atoms with E-state index in [0.717, 1.165) is 6.07 Å². The van der Waals surface area contributed by atoms with Crippen LogP contribution in [0.4, 0.5) is 4.39 Å². The van der Waals surface area contributed by atoms with Crippen molar-refractivity contribution in [3.63, 3.8) is 0 Å². The standard InChI is InChI=1S/C9H9FN2O2/c10-6-1-5(2-7(13)3-6)8-4-14-9(11)12-8/h1-3,8,13H,4H2,(H2,11,12). The number of halogens is 1. The van der Waals surface area contributed by atoms with Crippen LogP contribution in [0.15, 0.2) is 23.2 Å². The van der Waals surface area contributed by atoms with Crippen molar-refractivity contribution in [3.8, 4) is 5.75 Å². The van der Waals surface area contributed by atoms with Crippen LogP contribution in [-0.4, -0.2) is 17.7 Å². The number of ether oxygens (including phenoxy) is 1. The summed E-state index contributed by atoms with van der Waals surface area (Å²) in [7, 11) is 0. The van der Waals surface area contributed by atoms with Crippen LogP contribution in [0.1, 0.15) is 11.6 Å². The first kappa shape index (κ1) is 8.80. The summed E-state index contributed by atoms with van der Waals surface area (Å²) in [6, 6.07) is 3.55. The Kier molecular flexibility index (Phi) is 1.99. The number of hydrogen-bond donors (Lipinski definition) is 2. The monoisotopic (exact) mass is 196 g/mol. The first-order chi connectivity index (χ1) is 6.65. The van der Waals surface area contributed by atoms with Crippen molar-refractivity contribution in [2.24, 2.45) is 10.7 Å². The Balaban J connectivity index is 2.32. The zero-order chi connectivity index (χ0) is 10.1. The van der Waals surface area contributed by atoms with E-state index >= 15 is 0 Å². The molecule has 0 bridgehead atoms. The van der Waals surface area contributed by atoms with Crippen LogP contribution in [0.25, 0.3) is 0 Å². The van der Waals surface area contributed by atoms with Crippen LogP contribution in [0, 0.1) is 5.82 Å². The fourth-order valence-corrected chi connectivity index (χ4v) is 1.35. The molecule has 0 aromatic heterocycles. The molecule has 0 radical (unpaired) electrons. The molecule has 1 aromatic rings. The quantitative estimate of drug-likeness (QED) is 0.701. The Hall–Kier alpha value is -1.78. The van der Waals surface area contributed by atoms with E-state index in [0.29, 0.717) is 5.56 Å². The summed E-state index contributed by atoms with van der Waals surface area (Å²) < 4.78 is 17.8. The summed E-state index contributed by atoms with van der Waals surface area (Å²) in [6.45, 7) is 0.286. The van der Waals surface area contributed by atoms with Gasteiger partial charge >= 0.3 is 0 Å². The van der Waals surface area contributed by atoms with Gasteiger partial charge in [-0.05, 0) is 17.7 Å². The van der Waals surface area contributed by atoms with Gasteiger partial charge in [-0.2, -0.15) is 0 Å². The van der Waals surface area contributed by atoms with Crippen molar-refractivity contribution in [1.82, 2.24) is 0 Å². The lowest BCUT2D eigenvalue weighted by Crippen LogP contribution is -2.10. The van der Waals surface area contributed by atoms with E-state index in [1.807, 2.05) is 0 Å². The van der Waals surface area contributed by atoms with E-state index < -0.39 is 5.82 Å². The number of benzene rings is 1. The lowest BCUT2D eigenvalue weighted by molar-refractivity contribution is 0.314. The molecule has 1 aliphatic rings. The third-order valence-corrected chi connectivity index (χ3v) is 1.96. The molecule has 0 saturated carbocycles. The highest BCUT2D eigenvalue weighted by Crippen LogP contribution is 2.25. The number of amidine groups is 1. The number of hydrogen-bond acceptors (Lipinski definition) is 4. The van der Waals surface area contributed by atoms with Crippen molar-refractivity contribution in [1.29, 1.82) is 0 Å². The Labute approximate surface area is 79.8 Å². The number of phenolic OH excluding ortho intramolecular Hbond substituents is 1. The van der Waals surface area contributed by atoms with Gasteiger partial charge in [-0.15, -0.1) is 0 Å². The van der Waals surface area contributed by atoms with Crippen LogP contribution in [-0.2, 0) is 4.74 Å². The summed E-state index contributed by atoms with van der Waals surface area (Å²) in [5.74, 6) is -0.624. The van der Waals surface area contributed by atoms with Crippen LogP contribution in [0.5, 0.6) is 5.75 Å². The summed E-state index contributed by atoms with van der Waals surface area (Å²) in [5, 5.41) is 9.16. The molecule has 5 heteroatoms. The Bertz CT molecular complexity index is 372. The summed E-state index contributed by atoms with van der Waals surface area (Å²) >= 11 is 0. The molecule has 14 heavy (non-hydrogen) atoms. The summed E-state index contributed by atoms with van der Waals surface area (Å²) in [5.41, 5.74) is 5.87. The average molecular weight is 196 g/mol. The maximum atomic E-state index is 12.9. The van der Waals surface area contributed by atoms with Gasteiger partial charge in [0.05, 0.1) is 0 Å². The van der Waals surface area contributed by atoms with Crippen LogP contribution >= 0.6 is 0 Å². The van der Waals surface area contributed by atoms with E-state index in [2.05, 4.69) is 4.99 Å². The second-order valence-electron chi connectivity index (χ2n) is 3.04. The Morgan fingerprint density at radius 2 is 2.29 bits per heavy atom. The number of rotatable bonds is 1. The van der Waals surface area contributed by atoms with Crippen molar-refractivity contribution < 1.29 is 14.2 Å². The molecule has 0 aliphatic carbocycles. The molecule has 3 N–H and O–H groups in total. The largest absolute Gasteiger partial charge is 0.508 e. The molecule has 1 heterocycles. The van der Waals surface area contributed by atoms with Gasteiger partial charge in [0.25, 0.3) is 6.02 Å². The highest BCUT2D eigenvalue weighted by molar-refractivity contribution is 5.73. The Morgan fingerprint density at radius 1 is 1.50 bits per heavy atom. The van der Waals surface area contributed by atoms with E-state index in [1.165, 1.54) is 12.1 Å². The van der Waals surface area contributed by atoms with Gasteiger partial charge in [-0.3, -0.25) is 0 Å². The van der Waals surface area contributed by atoms with Crippen molar-refractivity contribution in [3.05, 3.63) is 29.6 Å². The van der Waals surface area contributed by atoms with Crippen molar-refractivity contribution in [2.45, 2.75) is 6.04 Å². The second kappa shape index (κ2) is 3.17. The second-order valence-corrected chi connectivity index (χ2v) is 3.04. The predicted octanol–water partition coefficient (Wildman–Crippen LogP) is 0.917. The highest BCUT2D eigenvalue weighted by atomic mass is 19.1. The number of phenols is 1. The van der Waals surface area contributed by atoms with E-state index in [4.69, 9.17) is 15.6 Å². The molecule has 0 saturated heterocycles. The van der Waals surface area contributed by atoms with Gasteiger partial charge in [0.1, 0.15) is 24.2 Å². The van der Waals surface area contributed by atoms with Crippen LogP contribution in [0.3, 0.4) is 0 Å². The maximum absolute atomic E-state index is 12.9. The molecular weight excluding hydrogens is 187 g/mol. The topological polar surface area (TPSA) is 67.8 Å². The first-order valence-electron chi connectivity index (χ1n) is 4.10. The zero-order valence-corrected chi connectivity index (χ0v) is 7.27. The minimum Gasteiger partial charge on any atom is -0.508 e. The summed E-state index contributed by atoms with van der Waals surface area (Å²) in [4.78, 5) is 3.94. The molecule has 0 amide bonds. The van der Waals surface area contributed by atoms with Gasteiger partial charge < -0.3 is 15.6 Å². The third kappa shape index (κ3) is 1.61. The molecular formula is C9H9FN2O2. The fourth-order valence-electron chi connectivity index (χ4n) is 1.35. The molecule has 1 aromatic carbocycles. The zero-order valence-electron chi connectivity index (χ0n) is 7.27. The predicted molar refractivity (Wildman–Crippen MR) is 48.4 cm³/mol.